The van der Waals surface area contributed by atoms with Crippen LogP contribution in [-0.2, 0) is 16.1 Å². The third-order valence-corrected chi connectivity index (χ3v) is 3.30. The van der Waals surface area contributed by atoms with Gasteiger partial charge in [0.25, 0.3) is 0 Å². The maximum atomic E-state index is 12.0. The van der Waals surface area contributed by atoms with Crippen molar-refractivity contribution in [3.05, 3.63) is 36.7 Å². The fraction of sp³-hybridized carbons (Fsp3) is 0.357. The first-order chi connectivity index (χ1) is 9.84. The van der Waals surface area contributed by atoms with Crippen LogP contribution in [0.3, 0.4) is 0 Å². The number of nitrogens with one attached hydrogen (secondary N) is 1. The van der Waals surface area contributed by atoms with Gasteiger partial charge in [0.1, 0.15) is 0 Å². The minimum atomic E-state index is -0.0518. The van der Waals surface area contributed by atoms with E-state index in [-0.39, 0.29) is 11.8 Å². The second kappa shape index (κ2) is 5.83. The third kappa shape index (κ3) is 2.70. The summed E-state index contributed by atoms with van der Waals surface area (Å²) in [6.07, 6.45) is 7.21. The molecule has 0 aromatic carbocycles. The molecule has 3 rings (SSSR count). The van der Waals surface area contributed by atoms with Crippen molar-refractivity contribution in [3.8, 4) is 11.3 Å². The number of hydrogen-bond acceptors (Lipinski definition) is 5. The first kappa shape index (κ1) is 12.8. The zero-order chi connectivity index (χ0) is 13.8. The van der Waals surface area contributed by atoms with Crippen molar-refractivity contribution in [1.29, 1.82) is 0 Å². The number of carbonyl (C=O) groups excluding carboxylic acids is 1. The minimum absolute atomic E-state index is 0.00583. The molecule has 0 saturated carbocycles. The number of hydrogen-bond donors (Lipinski definition) is 1. The van der Waals surface area contributed by atoms with E-state index < -0.39 is 0 Å². The monoisotopic (exact) mass is 273 g/mol. The van der Waals surface area contributed by atoms with Crippen LogP contribution >= 0.6 is 0 Å². The lowest BCUT2D eigenvalue weighted by Gasteiger charge is -2.10. The van der Waals surface area contributed by atoms with Gasteiger partial charge in [0.15, 0.2) is 0 Å². The molecule has 1 atom stereocenters. The average Bonchev–Trinajstić information content (AvgIpc) is 3.17. The average molecular weight is 273 g/mol. The molecule has 0 spiro atoms. The molecule has 104 valence electrons. The predicted octanol–water partition coefficient (Wildman–Crippen LogP) is 1.39. The van der Waals surface area contributed by atoms with Crippen molar-refractivity contribution in [2.75, 3.05) is 13.2 Å². The molecule has 1 aliphatic rings. The van der Waals surface area contributed by atoms with Crippen LogP contribution in [0.1, 0.15) is 12.1 Å². The molecule has 1 aliphatic heterocycles. The standard InChI is InChI=1S/C14H15N3O3/c18-14(11-2-6-20-9-11)17-7-12-13(16-4-3-15-12)10-1-5-19-8-10/h1,3-5,8,11H,2,6-7,9H2,(H,17,18). The minimum Gasteiger partial charge on any atom is -0.472 e. The summed E-state index contributed by atoms with van der Waals surface area (Å²) in [6.45, 7) is 1.51. The second-order valence-corrected chi connectivity index (χ2v) is 4.64. The SMILES string of the molecule is O=C(NCc1nccnc1-c1ccoc1)C1CCOC1. The van der Waals surface area contributed by atoms with Crippen LogP contribution in [0.4, 0.5) is 0 Å². The molecule has 6 heteroatoms. The van der Waals surface area contributed by atoms with Gasteiger partial charge in [0.05, 0.1) is 43.0 Å². The Kier molecular flexibility index (Phi) is 3.73. The van der Waals surface area contributed by atoms with E-state index in [1.165, 1.54) is 0 Å². The van der Waals surface area contributed by atoms with E-state index in [9.17, 15) is 4.79 Å². The van der Waals surface area contributed by atoms with Crippen LogP contribution in [0, 0.1) is 5.92 Å². The number of amides is 1. The van der Waals surface area contributed by atoms with Crippen molar-refractivity contribution in [2.24, 2.45) is 5.92 Å². The first-order valence-electron chi connectivity index (χ1n) is 6.52. The van der Waals surface area contributed by atoms with Gasteiger partial charge in [0.2, 0.25) is 5.91 Å². The molecule has 1 fully saturated rings. The molecule has 0 radical (unpaired) electrons. The molecular weight excluding hydrogens is 258 g/mol. The van der Waals surface area contributed by atoms with Crippen LogP contribution in [0.25, 0.3) is 11.3 Å². The van der Waals surface area contributed by atoms with Gasteiger partial charge in [-0.2, -0.15) is 0 Å². The Morgan fingerprint density at radius 3 is 3.05 bits per heavy atom. The largest absolute Gasteiger partial charge is 0.472 e. The van der Waals surface area contributed by atoms with Gasteiger partial charge < -0.3 is 14.5 Å². The molecule has 6 nitrogen and oxygen atoms in total. The summed E-state index contributed by atoms with van der Waals surface area (Å²) in [7, 11) is 0. The van der Waals surface area contributed by atoms with Crippen LogP contribution in [0.15, 0.2) is 35.4 Å². The van der Waals surface area contributed by atoms with Crippen molar-refractivity contribution in [1.82, 2.24) is 15.3 Å². The summed E-state index contributed by atoms with van der Waals surface area (Å²) in [5.41, 5.74) is 2.30. The Morgan fingerprint density at radius 2 is 2.30 bits per heavy atom. The van der Waals surface area contributed by atoms with Crippen LogP contribution in [0.2, 0.25) is 0 Å². The highest BCUT2D eigenvalue weighted by molar-refractivity contribution is 5.79. The summed E-state index contributed by atoms with van der Waals surface area (Å²) in [5, 5.41) is 2.89. The number of ether oxygens (including phenoxy) is 1. The van der Waals surface area contributed by atoms with Crippen molar-refractivity contribution in [3.63, 3.8) is 0 Å². The zero-order valence-corrected chi connectivity index (χ0v) is 10.9. The first-order valence-corrected chi connectivity index (χ1v) is 6.52. The Morgan fingerprint density at radius 1 is 1.40 bits per heavy atom. The van der Waals surface area contributed by atoms with Gasteiger partial charge in [-0.25, -0.2) is 0 Å². The maximum absolute atomic E-state index is 12.0. The van der Waals surface area contributed by atoms with Crippen LogP contribution < -0.4 is 5.32 Å². The van der Waals surface area contributed by atoms with E-state index in [1.807, 2.05) is 6.07 Å². The van der Waals surface area contributed by atoms with Crippen LogP contribution in [-0.4, -0.2) is 29.1 Å². The lowest BCUT2D eigenvalue weighted by molar-refractivity contribution is -0.125. The highest BCUT2D eigenvalue weighted by atomic mass is 16.5. The molecule has 2 aromatic heterocycles. The Balaban J connectivity index is 1.70. The van der Waals surface area contributed by atoms with E-state index in [1.54, 1.807) is 24.9 Å². The maximum Gasteiger partial charge on any atom is 0.225 e. The molecule has 1 unspecified atom stereocenters. The molecular formula is C14H15N3O3. The molecule has 1 amide bonds. The van der Waals surface area contributed by atoms with E-state index in [4.69, 9.17) is 9.15 Å². The van der Waals surface area contributed by atoms with Crippen molar-refractivity contribution in [2.45, 2.75) is 13.0 Å². The van der Waals surface area contributed by atoms with E-state index in [2.05, 4.69) is 15.3 Å². The van der Waals surface area contributed by atoms with E-state index in [0.29, 0.717) is 19.8 Å². The fourth-order valence-corrected chi connectivity index (χ4v) is 2.19. The summed E-state index contributed by atoms with van der Waals surface area (Å²) in [4.78, 5) is 20.5. The van der Waals surface area contributed by atoms with Crippen LogP contribution in [0.5, 0.6) is 0 Å². The number of aromatic nitrogens is 2. The van der Waals surface area contributed by atoms with Crippen molar-refractivity contribution < 1.29 is 13.9 Å². The van der Waals surface area contributed by atoms with Gasteiger partial charge in [-0.05, 0) is 12.5 Å². The number of rotatable bonds is 4. The molecule has 0 bridgehead atoms. The van der Waals surface area contributed by atoms with Gasteiger partial charge >= 0.3 is 0 Å². The second-order valence-electron chi connectivity index (χ2n) is 4.64. The highest BCUT2D eigenvalue weighted by Crippen LogP contribution is 2.20. The third-order valence-electron chi connectivity index (χ3n) is 3.30. The van der Waals surface area contributed by atoms with Gasteiger partial charge in [-0.1, -0.05) is 0 Å². The smallest absolute Gasteiger partial charge is 0.225 e. The Labute approximate surface area is 116 Å². The molecule has 2 aromatic rings. The molecule has 1 saturated heterocycles. The lowest BCUT2D eigenvalue weighted by Crippen LogP contribution is -2.31. The summed E-state index contributed by atoms with van der Waals surface area (Å²) < 4.78 is 10.3. The number of nitrogens with zero attached hydrogens (tertiary/aromatic N) is 2. The van der Waals surface area contributed by atoms with Crippen molar-refractivity contribution >= 4 is 5.91 Å². The fourth-order valence-electron chi connectivity index (χ4n) is 2.19. The molecule has 3 heterocycles. The summed E-state index contributed by atoms with van der Waals surface area (Å²) in [5.74, 6) is -0.0460. The van der Waals surface area contributed by atoms with Gasteiger partial charge in [0, 0.05) is 24.6 Å². The topological polar surface area (TPSA) is 77.3 Å². The number of furan rings is 1. The lowest BCUT2D eigenvalue weighted by atomic mass is 10.1. The highest BCUT2D eigenvalue weighted by Gasteiger charge is 2.23. The molecule has 0 aliphatic carbocycles. The van der Waals surface area contributed by atoms with E-state index >= 15 is 0 Å². The summed E-state index contributed by atoms with van der Waals surface area (Å²) in [6, 6.07) is 1.82. The Bertz CT molecular complexity index is 577. The quantitative estimate of drug-likeness (QED) is 0.910. The Hall–Kier alpha value is -2.21. The molecule has 1 N–H and O–H groups in total. The van der Waals surface area contributed by atoms with E-state index in [0.717, 1.165) is 23.4 Å². The normalized spacial score (nSPS) is 18.1. The molecule has 20 heavy (non-hydrogen) atoms. The summed E-state index contributed by atoms with van der Waals surface area (Å²) >= 11 is 0. The van der Waals surface area contributed by atoms with Gasteiger partial charge in [-0.3, -0.25) is 14.8 Å². The zero-order valence-electron chi connectivity index (χ0n) is 10.9. The number of carbonyl (C=O) groups is 1. The predicted molar refractivity (Wildman–Crippen MR) is 70.5 cm³/mol. The van der Waals surface area contributed by atoms with Gasteiger partial charge in [-0.15, -0.1) is 0 Å².